The van der Waals surface area contributed by atoms with Crippen molar-refractivity contribution >= 4 is 11.6 Å². The van der Waals surface area contributed by atoms with Crippen molar-refractivity contribution < 1.29 is 9.90 Å². The van der Waals surface area contributed by atoms with Gasteiger partial charge in [-0.1, -0.05) is 39.0 Å². The molecule has 1 aliphatic rings. The molecule has 5 heteroatoms. The van der Waals surface area contributed by atoms with Crippen molar-refractivity contribution in [2.24, 2.45) is 0 Å². The molecule has 2 N–H and O–H groups in total. The molecule has 0 aliphatic heterocycles. The van der Waals surface area contributed by atoms with Crippen LogP contribution in [-0.4, -0.2) is 34.2 Å². The van der Waals surface area contributed by atoms with Gasteiger partial charge in [0.15, 0.2) is 0 Å². The van der Waals surface area contributed by atoms with E-state index in [1.807, 2.05) is 37.9 Å². The Kier molecular flexibility index (Phi) is 5.48. The van der Waals surface area contributed by atoms with E-state index in [1.54, 1.807) is 12.4 Å². The second kappa shape index (κ2) is 7.45. The Balaban J connectivity index is 1.87. The Morgan fingerprint density at radius 3 is 2.28 bits per heavy atom. The van der Waals surface area contributed by atoms with Gasteiger partial charge in [-0.25, -0.2) is 0 Å². The molecule has 5 nitrogen and oxygen atoms in total. The molecule has 1 unspecified atom stereocenters. The number of aliphatic hydroxyl groups is 1. The lowest BCUT2D eigenvalue weighted by Crippen LogP contribution is -2.63. The molecule has 0 spiro atoms. The highest BCUT2D eigenvalue weighted by molar-refractivity contribution is 5.87. The number of rotatable bonds is 5. The predicted molar refractivity (Wildman–Crippen MR) is 117 cm³/mol. The number of nitrogens with one attached hydrogen (secondary N) is 1. The van der Waals surface area contributed by atoms with Crippen molar-refractivity contribution in [2.75, 3.05) is 11.9 Å². The Hall–Kier alpha value is -2.40. The Morgan fingerprint density at radius 1 is 1.17 bits per heavy atom. The van der Waals surface area contributed by atoms with Gasteiger partial charge in [-0.05, 0) is 55.9 Å². The number of amides is 1. The number of pyridine rings is 1. The second-order valence-corrected chi connectivity index (χ2v) is 10.00. The summed E-state index contributed by atoms with van der Waals surface area (Å²) >= 11 is 0. The topological polar surface area (TPSA) is 65.5 Å². The first-order chi connectivity index (χ1) is 13.4. The van der Waals surface area contributed by atoms with Gasteiger partial charge in [-0.2, -0.15) is 0 Å². The quantitative estimate of drug-likeness (QED) is 0.804. The van der Waals surface area contributed by atoms with Crippen molar-refractivity contribution in [1.82, 2.24) is 10.3 Å². The third-order valence-electron chi connectivity index (χ3n) is 5.74. The summed E-state index contributed by atoms with van der Waals surface area (Å²) < 4.78 is 0. The van der Waals surface area contributed by atoms with Crippen LogP contribution in [0.4, 0.5) is 5.69 Å². The van der Waals surface area contributed by atoms with Crippen LogP contribution in [0.2, 0.25) is 0 Å². The lowest BCUT2D eigenvalue weighted by atomic mass is 9.67. The van der Waals surface area contributed by atoms with Crippen LogP contribution in [0.3, 0.4) is 0 Å². The number of likely N-dealkylation sites (N-methyl/N-ethyl adjacent to an activating group) is 1. The molecule has 0 saturated heterocycles. The maximum Gasteiger partial charge on any atom is 0.247 e. The number of nitrogens with zero attached hydrogens (tertiary/aromatic N) is 2. The van der Waals surface area contributed by atoms with Crippen LogP contribution in [0, 0.1) is 0 Å². The number of benzene rings is 1. The zero-order chi connectivity index (χ0) is 21.4. The first-order valence-electron chi connectivity index (χ1n) is 10.2. The van der Waals surface area contributed by atoms with Crippen molar-refractivity contribution in [3.8, 4) is 0 Å². The largest absolute Gasteiger partial charge is 0.390 e. The standard InChI is InChI=1S/C24H33N3O2/c1-22(2,3)18-9-11-19(12-10-18)27(6)20(17-8-7-13-25-14-17)21(28)26-23(4)15-24(5,29)16-23/h7-14,20,29H,15-16H2,1-6H3,(H,26,28). The Morgan fingerprint density at radius 2 is 1.79 bits per heavy atom. The van der Waals surface area contributed by atoms with E-state index >= 15 is 0 Å². The van der Waals surface area contributed by atoms with Gasteiger partial charge in [0.05, 0.1) is 5.60 Å². The van der Waals surface area contributed by atoms with E-state index in [4.69, 9.17) is 0 Å². The van der Waals surface area contributed by atoms with Crippen molar-refractivity contribution in [1.29, 1.82) is 0 Å². The molecule has 0 radical (unpaired) electrons. The van der Waals surface area contributed by atoms with Gasteiger partial charge in [0.1, 0.15) is 6.04 Å². The maximum absolute atomic E-state index is 13.3. The summed E-state index contributed by atoms with van der Waals surface area (Å²) in [5.74, 6) is -0.0848. The molecule has 1 atom stereocenters. The first-order valence-corrected chi connectivity index (χ1v) is 10.2. The van der Waals surface area contributed by atoms with Gasteiger partial charge in [-0.15, -0.1) is 0 Å². The minimum absolute atomic E-state index is 0.0764. The molecule has 1 aromatic carbocycles. The summed E-state index contributed by atoms with van der Waals surface area (Å²) in [6.07, 6.45) is 4.55. The van der Waals surface area contributed by atoms with Crippen LogP contribution >= 0.6 is 0 Å². The summed E-state index contributed by atoms with van der Waals surface area (Å²) in [4.78, 5) is 19.5. The van der Waals surface area contributed by atoms with Gasteiger partial charge >= 0.3 is 0 Å². The van der Waals surface area contributed by atoms with Crippen LogP contribution in [0.1, 0.15) is 64.6 Å². The molecular weight excluding hydrogens is 362 g/mol. The van der Waals surface area contributed by atoms with Gasteiger partial charge in [0, 0.05) is 36.2 Å². The fourth-order valence-electron chi connectivity index (χ4n) is 4.52. The van der Waals surface area contributed by atoms with E-state index in [9.17, 15) is 9.90 Å². The molecule has 29 heavy (non-hydrogen) atoms. The molecule has 1 fully saturated rings. The predicted octanol–water partition coefficient (Wildman–Crippen LogP) is 3.98. The number of hydrogen-bond donors (Lipinski definition) is 2. The van der Waals surface area contributed by atoms with Crippen LogP contribution < -0.4 is 10.2 Å². The number of anilines is 1. The van der Waals surface area contributed by atoms with Gasteiger partial charge in [-0.3, -0.25) is 9.78 Å². The van der Waals surface area contributed by atoms with Crippen LogP contribution in [-0.2, 0) is 10.2 Å². The summed E-state index contributed by atoms with van der Waals surface area (Å²) in [6.45, 7) is 10.4. The van der Waals surface area contributed by atoms with E-state index in [2.05, 4.69) is 55.3 Å². The summed E-state index contributed by atoms with van der Waals surface area (Å²) in [6, 6.07) is 11.6. The highest BCUT2D eigenvalue weighted by Gasteiger charge is 2.49. The number of carbonyl (C=O) groups excluding carboxylic acids is 1. The first kappa shape index (κ1) is 21.3. The van der Waals surface area contributed by atoms with Crippen molar-refractivity contribution in [3.05, 3.63) is 59.9 Å². The Labute approximate surface area is 174 Å². The molecule has 3 rings (SSSR count). The number of aromatic nitrogens is 1. The molecule has 1 aromatic heterocycles. The normalized spacial score (nSPS) is 25.1. The molecule has 1 amide bonds. The van der Waals surface area contributed by atoms with Gasteiger partial charge in [0.2, 0.25) is 5.91 Å². The number of hydrogen-bond acceptors (Lipinski definition) is 4. The maximum atomic E-state index is 13.3. The molecular formula is C24H33N3O2. The molecule has 2 aromatic rings. The fraction of sp³-hybridized carbons (Fsp3) is 0.500. The number of carbonyl (C=O) groups is 1. The SMILES string of the molecule is CN(c1ccc(C(C)(C)C)cc1)C(C(=O)NC1(C)CC(C)(O)C1)c1cccnc1. The smallest absolute Gasteiger partial charge is 0.247 e. The van der Waals surface area contributed by atoms with E-state index in [0.29, 0.717) is 12.8 Å². The van der Waals surface area contributed by atoms with Gasteiger partial charge in [0.25, 0.3) is 0 Å². The highest BCUT2D eigenvalue weighted by atomic mass is 16.3. The zero-order valence-corrected chi connectivity index (χ0v) is 18.4. The molecule has 0 bridgehead atoms. The van der Waals surface area contributed by atoms with Gasteiger partial charge < -0.3 is 15.3 Å². The van der Waals surface area contributed by atoms with E-state index in [-0.39, 0.29) is 11.3 Å². The van der Waals surface area contributed by atoms with E-state index in [1.165, 1.54) is 5.56 Å². The third-order valence-corrected chi connectivity index (χ3v) is 5.74. The lowest BCUT2D eigenvalue weighted by molar-refractivity contribution is -0.131. The van der Waals surface area contributed by atoms with Crippen molar-refractivity contribution in [2.45, 2.75) is 70.1 Å². The minimum Gasteiger partial charge on any atom is -0.390 e. The lowest BCUT2D eigenvalue weighted by Gasteiger charge is -2.50. The van der Waals surface area contributed by atoms with E-state index < -0.39 is 17.2 Å². The summed E-state index contributed by atoms with van der Waals surface area (Å²) in [5.41, 5.74) is 2.03. The van der Waals surface area contributed by atoms with E-state index in [0.717, 1.165) is 11.3 Å². The van der Waals surface area contributed by atoms with Crippen LogP contribution in [0.25, 0.3) is 0 Å². The molecule has 1 aliphatic carbocycles. The second-order valence-electron chi connectivity index (χ2n) is 10.00. The Bertz CT molecular complexity index is 846. The van der Waals surface area contributed by atoms with Crippen LogP contribution in [0.15, 0.2) is 48.8 Å². The summed E-state index contributed by atoms with van der Waals surface area (Å²) in [5, 5.41) is 13.3. The molecule has 156 valence electrons. The van der Waals surface area contributed by atoms with Crippen LogP contribution in [0.5, 0.6) is 0 Å². The fourth-order valence-corrected chi connectivity index (χ4v) is 4.52. The third kappa shape index (κ3) is 4.78. The molecule has 1 saturated carbocycles. The zero-order valence-electron chi connectivity index (χ0n) is 18.4. The average Bonchev–Trinajstić information content (AvgIpc) is 2.60. The minimum atomic E-state index is -0.708. The average molecular weight is 396 g/mol. The summed E-state index contributed by atoms with van der Waals surface area (Å²) in [7, 11) is 1.93. The monoisotopic (exact) mass is 395 g/mol. The highest BCUT2D eigenvalue weighted by Crippen LogP contribution is 2.41. The van der Waals surface area contributed by atoms with Crippen molar-refractivity contribution in [3.63, 3.8) is 0 Å². The molecule has 1 heterocycles.